The maximum atomic E-state index is 13.3. The topological polar surface area (TPSA) is 26.0 Å². The van der Waals surface area contributed by atoms with Crippen molar-refractivity contribution in [2.45, 2.75) is 36.1 Å². The average Bonchev–Trinajstić information content (AvgIpc) is 2.99. The molecule has 1 atom stereocenters. The lowest BCUT2D eigenvalue weighted by Crippen LogP contribution is -2.31. The zero-order chi connectivity index (χ0) is 11.1. The Morgan fingerprint density at radius 3 is 2.60 bits per heavy atom. The van der Waals surface area contributed by atoms with Crippen LogP contribution in [0.15, 0.2) is 23.1 Å². The predicted octanol–water partition coefficient (Wildman–Crippen LogP) is 2.93. The first-order valence-electron chi connectivity index (χ1n) is 5.20. The van der Waals surface area contributed by atoms with Crippen molar-refractivity contribution in [3.8, 4) is 0 Å². The van der Waals surface area contributed by atoms with Gasteiger partial charge in [-0.1, -0.05) is 6.07 Å². The molecule has 1 fully saturated rings. The van der Waals surface area contributed by atoms with E-state index >= 15 is 0 Å². The van der Waals surface area contributed by atoms with Gasteiger partial charge in [0.15, 0.2) is 0 Å². The summed E-state index contributed by atoms with van der Waals surface area (Å²) in [5.74, 6) is -0.133. The molecule has 2 rings (SSSR count). The summed E-state index contributed by atoms with van der Waals surface area (Å²) in [6.45, 7) is 2.04. The Morgan fingerprint density at radius 1 is 1.47 bits per heavy atom. The van der Waals surface area contributed by atoms with Gasteiger partial charge in [-0.15, -0.1) is 11.8 Å². The Labute approximate surface area is 94.2 Å². The number of halogens is 1. The van der Waals surface area contributed by atoms with Crippen LogP contribution in [-0.2, 0) is 5.41 Å². The molecule has 0 aromatic heterocycles. The molecule has 15 heavy (non-hydrogen) atoms. The summed E-state index contributed by atoms with van der Waals surface area (Å²) in [6, 6.07) is 5.54. The van der Waals surface area contributed by atoms with Crippen molar-refractivity contribution in [3.05, 3.63) is 29.6 Å². The van der Waals surface area contributed by atoms with Gasteiger partial charge in [0.05, 0.1) is 0 Å². The Balaban J connectivity index is 2.38. The fourth-order valence-electron chi connectivity index (χ4n) is 2.11. The van der Waals surface area contributed by atoms with Crippen LogP contribution in [0.1, 0.15) is 25.3 Å². The molecule has 2 N–H and O–H groups in total. The van der Waals surface area contributed by atoms with Crippen molar-refractivity contribution in [1.29, 1.82) is 0 Å². The average molecular weight is 225 g/mol. The molecular formula is C12H16FNS. The van der Waals surface area contributed by atoms with E-state index in [9.17, 15) is 4.39 Å². The van der Waals surface area contributed by atoms with Gasteiger partial charge in [0.2, 0.25) is 0 Å². The van der Waals surface area contributed by atoms with E-state index in [2.05, 4.69) is 0 Å². The van der Waals surface area contributed by atoms with E-state index in [-0.39, 0.29) is 17.3 Å². The second-order valence-electron chi connectivity index (χ2n) is 4.29. The van der Waals surface area contributed by atoms with Crippen molar-refractivity contribution < 1.29 is 4.39 Å². The highest BCUT2D eigenvalue weighted by molar-refractivity contribution is 7.98. The smallest absolute Gasteiger partial charge is 0.136 e. The molecule has 3 heteroatoms. The van der Waals surface area contributed by atoms with Crippen LogP contribution >= 0.6 is 11.8 Å². The Hall–Kier alpha value is -0.540. The van der Waals surface area contributed by atoms with Crippen molar-refractivity contribution in [3.63, 3.8) is 0 Å². The molecule has 1 saturated carbocycles. The normalized spacial score (nSPS) is 20.0. The largest absolute Gasteiger partial charge is 0.327 e. The van der Waals surface area contributed by atoms with E-state index in [1.807, 2.05) is 25.3 Å². The van der Waals surface area contributed by atoms with E-state index < -0.39 is 0 Å². The summed E-state index contributed by atoms with van der Waals surface area (Å²) in [5.41, 5.74) is 7.31. The van der Waals surface area contributed by atoms with Crippen LogP contribution in [0.4, 0.5) is 4.39 Å². The fourth-order valence-corrected chi connectivity index (χ4v) is 2.62. The maximum Gasteiger partial charge on any atom is 0.136 e. The molecule has 1 unspecified atom stereocenters. The SMILES string of the molecule is CSc1cc(C2(C(C)N)CC2)ccc1F. The summed E-state index contributed by atoms with van der Waals surface area (Å²) < 4.78 is 13.3. The highest BCUT2D eigenvalue weighted by atomic mass is 32.2. The molecule has 0 radical (unpaired) electrons. The zero-order valence-corrected chi connectivity index (χ0v) is 9.90. The molecule has 0 heterocycles. The van der Waals surface area contributed by atoms with E-state index in [1.54, 1.807) is 6.07 Å². The van der Waals surface area contributed by atoms with Crippen molar-refractivity contribution >= 4 is 11.8 Å². The van der Waals surface area contributed by atoms with E-state index in [0.29, 0.717) is 0 Å². The summed E-state index contributed by atoms with van der Waals surface area (Å²) >= 11 is 1.45. The highest BCUT2D eigenvalue weighted by Gasteiger charge is 2.47. The molecule has 1 aliphatic rings. The second kappa shape index (κ2) is 3.80. The van der Waals surface area contributed by atoms with Crippen molar-refractivity contribution in [1.82, 2.24) is 0 Å². The van der Waals surface area contributed by atoms with Crippen molar-refractivity contribution in [2.75, 3.05) is 6.26 Å². The second-order valence-corrected chi connectivity index (χ2v) is 5.14. The van der Waals surface area contributed by atoms with Gasteiger partial charge in [-0.25, -0.2) is 4.39 Å². The summed E-state index contributed by atoms with van der Waals surface area (Å²) in [7, 11) is 0. The van der Waals surface area contributed by atoms with Gasteiger partial charge in [-0.05, 0) is 43.7 Å². The molecule has 1 aliphatic carbocycles. The van der Waals surface area contributed by atoms with Gasteiger partial charge in [-0.2, -0.15) is 0 Å². The molecule has 0 aliphatic heterocycles. The van der Waals surface area contributed by atoms with Crippen LogP contribution in [0.5, 0.6) is 0 Å². The predicted molar refractivity (Wildman–Crippen MR) is 62.7 cm³/mol. The number of benzene rings is 1. The van der Waals surface area contributed by atoms with Crippen LogP contribution in [0.2, 0.25) is 0 Å². The Morgan fingerprint density at radius 2 is 2.13 bits per heavy atom. The Bertz CT molecular complexity index is 372. The van der Waals surface area contributed by atoms with Gasteiger partial charge >= 0.3 is 0 Å². The maximum absolute atomic E-state index is 13.3. The third kappa shape index (κ3) is 1.79. The van der Waals surface area contributed by atoms with Crippen LogP contribution < -0.4 is 5.73 Å². The molecule has 1 aromatic rings. The van der Waals surface area contributed by atoms with E-state index in [0.717, 1.165) is 17.7 Å². The van der Waals surface area contributed by atoms with E-state index in [1.165, 1.54) is 17.3 Å². The lowest BCUT2D eigenvalue weighted by atomic mass is 9.89. The fraction of sp³-hybridized carbons (Fsp3) is 0.500. The van der Waals surface area contributed by atoms with Crippen molar-refractivity contribution in [2.24, 2.45) is 5.73 Å². The van der Waals surface area contributed by atoms with Gasteiger partial charge in [0.25, 0.3) is 0 Å². The van der Waals surface area contributed by atoms with Crippen LogP contribution in [-0.4, -0.2) is 12.3 Å². The highest BCUT2D eigenvalue weighted by Crippen LogP contribution is 2.50. The molecular weight excluding hydrogens is 209 g/mol. The van der Waals surface area contributed by atoms with E-state index in [4.69, 9.17) is 5.73 Å². The monoisotopic (exact) mass is 225 g/mol. The quantitative estimate of drug-likeness (QED) is 0.800. The zero-order valence-electron chi connectivity index (χ0n) is 9.09. The number of rotatable bonds is 3. The molecule has 0 saturated heterocycles. The first-order chi connectivity index (χ1) is 7.10. The minimum Gasteiger partial charge on any atom is -0.327 e. The lowest BCUT2D eigenvalue weighted by Gasteiger charge is -2.20. The van der Waals surface area contributed by atoms with Crippen LogP contribution in [0, 0.1) is 5.82 Å². The summed E-state index contributed by atoms with van der Waals surface area (Å²) in [6.07, 6.45) is 4.15. The van der Waals surface area contributed by atoms with Gasteiger partial charge in [-0.3, -0.25) is 0 Å². The number of nitrogens with two attached hydrogens (primary N) is 1. The molecule has 1 aromatic carbocycles. The minimum atomic E-state index is -0.133. The number of hydrogen-bond acceptors (Lipinski definition) is 2. The number of thioether (sulfide) groups is 1. The van der Waals surface area contributed by atoms with Crippen LogP contribution in [0.3, 0.4) is 0 Å². The number of hydrogen-bond donors (Lipinski definition) is 1. The molecule has 0 spiro atoms. The molecule has 82 valence electrons. The molecule has 1 nitrogen and oxygen atoms in total. The summed E-state index contributed by atoms with van der Waals surface area (Å²) in [5, 5.41) is 0. The first-order valence-corrected chi connectivity index (χ1v) is 6.42. The summed E-state index contributed by atoms with van der Waals surface area (Å²) in [4.78, 5) is 0.722. The Kier molecular flexibility index (Phi) is 2.77. The minimum absolute atomic E-state index is 0.123. The third-order valence-electron chi connectivity index (χ3n) is 3.39. The van der Waals surface area contributed by atoms with Gasteiger partial charge in [0.1, 0.15) is 5.82 Å². The standard InChI is InChI=1S/C12H16FNS/c1-8(14)12(5-6-12)9-3-4-10(13)11(7-9)15-2/h3-4,7-8H,5-6,14H2,1-2H3. The van der Waals surface area contributed by atoms with Gasteiger partial charge in [0, 0.05) is 16.4 Å². The molecule has 0 bridgehead atoms. The van der Waals surface area contributed by atoms with Gasteiger partial charge < -0.3 is 5.73 Å². The molecule has 0 amide bonds. The van der Waals surface area contributed by atoms with Crippen LogP contribution in [0.25, 0.3) is 0 Å². The first kappa shape index (κ1) is 11.0. The third-order valence-corrected chi connectivity index (χ3v) is 4.14. The lowest BCUT2D eigenvalue weighted by molar-refractivity contribution is 0.548.